The van der Waals surface area contributed by atoms with Gasteiger partial charge in [0.15, 0.2) is 0 Å². The van der Waals surface area contributed by atoms with Crippen LogP contribution in [0.2, 0.25) is 5.02 Å². The smallest absolute Gasteiger partial charge is 0.252 e. The number of hydrogen-bond acceptors (Lipinski definition) is 2. The van der Waals surface area contributed by atoms with Crippen molar-refractivity contribution in [2.45, 2.75) is 20.3 Å². The van der Waals surface area contributed by atoms with Gasteiger partial charge in [-0.3, -0.25) is 9.59 Å². The normalized spacial score (nSPS) is 10.8. The molecule has 25 heavy (non-hydrogen) atoms. The summed E-state index contributed by atoms with van der Waals surface area (Å²) < 4.78 is 0. The van der Waals surface area contributed by atoms with Crippen molar-refractivity contribution in [2.24, 2.45) is 0 Å². The van der Waals surface area contributed by atoms with Gasteiger partial charge in [0.05, 0.1) is 10.6 Å². The third-order valence-corrected chi connectivity index (χ3v) is 4.66. The van der Waals surface area contributed by atoms with E-state index in [1.54, 1.807) is 24.3 Å². The predicted octanol–water partition coefficient (Wildman–Crippen LogP) is 3.77. The molecular weight excluding hydrogens is 336 g/mol. The Hall–Kier alpha value is -2.59. The van der Waals surface area contributed by atoms with Crippen LogP contribution < -0.4 is 10.9 Å². The molecule has 0 spiro atoms. The van der Waals surface area contributed by atoms with Crippen LogP contribution in [0.15, 0.2) is 47.3 Å². The highest BCUT2D eigenvalue weighted by Gasteiger charge is 2.10. The lowest BCUT2D eigenvalue weighted by molar-refractivity contribution is 0.0954. The minimum absolute atomic E-state index is 0.122. The van der Waals surface area contributed by atoms with Gasteiger partial charge in [-0.1, -0.05) is 23.7 Å². The molecule has 3 rings (SSSR count). The number of nitrogens with one attached hydrogen (secondary N) is 2. The Morgan fingerprint density at radius 3 is 2.60 bits per heavy atom. The van der Waals surface area contributed by atoms with E-state index in [1.807, 2.05) is 26.0 Å². The summed E-state index contributed by atoms with van der Waals surface area (Å²) in [6.45, 7) is 4.43. The zero-order chi connectivity index (χ0) is 18.0. The summed E-state index contributed by atoms with van der Waals surface area (Å²) in [6, 6.07) is 12.8. The number of amides is 1. The number of halogens is 1. The molecule has 1 aromatic heterocycles. The first-order valence-corrected chi connectivity index (χ1v) is 8.49. The Morgan fingerprint density at radius 1 is 1.12 bits per heavy atom. The van der Waals surface area contributed by atoms with Gasteiger partial charge in [-0.25, -0.2) is 0 Å². The fraction of sp³-hybridized carbons (Fsp3) is 0.200. The second kappa shape index (κ2) is 7.11. The number of aryl methyl sites for hydroxylation is 2. The maximum Gasteiger partial charge on any atom is 0.252 e. The first kappa shape index (κ1) is 17.2. The molecule has 2 N–H and O–H groups in total. The van der Waals surface area contributed by atoms with Gasteiger partial charge in [-0.15, -0.1) is 0 Å². The molecule has 4 nitrogen and oxygen atoms in total. The number of pyridine rings is 1. The highest BCUT2D eigenvalue weighted by molar-refractivity contribution is 6.33. The molecule has 0 bridgehead atoms. The summed E-state index contributed by atoms with van der Waals surface area (Å²) in [7, 11) is 0. The topological polar surface area (TPSA) is 62.0 Å². The quantitative estimate of drug-likeness (QED) is 0.749. The molecule has 3 aromatic rings. The summed E-state index contributed by atoms with van der Waals surface area (Å²) in [6.07, 6.45) is 0.453. The number of carbonyl (C=O) groups excluding carboxylic acids is 1. The van der Waals surface area contributed by atoms with Crippen LogP contribution >= 0.6 is 11.6 Å². The van der Waals surface area contributed by atoms with Crippen molar-refractivity contribution >= 4 is 28.4 Å². The monoisotopic (exact) mass is 354 g/mol. The highest BCUT2D eigenvalue weighted by Crippen LogP contribution is 2.17. The summed E-state index contributed by atoms with van der Waals surface area (Å²) in [5, 5.41) is 4.21. The molecule has 128 valence electrons. The van der Waals surface area contributed by atoms with Gasteiger partial charge < -0.3 is 10.3 Å². The maximum absolute atomic E-state index is 12.2. The van der Waals surface area contributed by atoms with Crippen LogP contribution in [-0.4, -0.2) is 17.4 Å². The lowest BCUT2D eigenvalue weighted by Crippen LogP contribution is -2.27. The number of rotatable bonds is 4. The highest BCUT2D eigenvalue weighted by atomic mass is 35.5. The van der Waals surface area contributed by atoms with E-state index in [4.69, 9.17) is 11.6 Å². The molecule has 1 amide bonds. The Bertz CT molecular complexity index is 1010. The molecule has 0 aliphatic rings. The summed E-state index contributed by atoms with van der Waals surface area (Å²) >= 11 is 6.02. The average Bonchev–Trinajstić information content (AvgIpc) is 2.57. The third kappa shape index (κ3) is 3.74. The number of hydrogen-bond donors (Lipinski definition) is 2. The van der Waals surface area contributed by atoms with Crippen LogP contribution in [0.5, 0.6) is 0 Å². The Balaban J connectivity index is 1.74. The first-order chi connectivity index (χ1) is 12.0. The molecule has 0 atom stereocenters. The van der Waals surface area contributed by atoms with Crippen molar-refractivity contribution in [1.82, 2.24) is 10.3 Å². The molecular formula is C20H19ClN2O2. The summed E-state index contributed by atoms with van der Waals surface area (Å²) in [5.41, 5.74) is 4.11. The minimum Gasteiger partial charge on any atom is -0.352 e. The molecule has 0 aliphatic carbocycles. The van der Waals surface area contributed by atoms with Crippen LogP contribution in [0.4, 0.5) is 0 Å². The minimum atomic E-state index is -0.241. The SMILES string of the molecule is Cc1cc2cc(CCNC(=O)c3ccccc3Cl)c(=O)[nH]c2cc1C. The fourth-order valence-electron chi connectivity index (χ4n) is 2.76. The average molecular weight is 355 g/mol. The third-order valence-electron chi connectivity index (χ3n) is 4.33. The maximum atomic E-state index is 12.2. The first-order valence-electron chi connectivity index (χ1n) is 8.11. The lowest BCUT2D eigenvalue weighted by Gasteiger charge is -2.08. The van der Waals surface area contributed by atoms with Crippen molar-refractivity contribution in [3.63, 3.8) is 0 Å². The van der Waals surface area contributed by atoms with Gasteiger partial charge in [0.25, 0.3) is 11.5 Å². The van der Waals surface area contributed by atoms with E-state index < -0.39 is 0 Å². The van der Waals surface area contributed by atoms with E-state index in [9.17, 15) is 9.59 Å². The lowest BCUT2D eigenvalue weighted by atomic mass is 10.0. The Kier molecular flexibility index (Phi) is 4.91. The molecule has 0 aliphatic heterocycles. The predicted molar refractivity (Wildman–Crippen MR) is 102 cm³/mol. The number of aromatic nitrogens is 1. The second-order valence-electron chi connectivity index (χ2n) is 6.13. The fourth-order valence-corrected chi connectivity index (χ4v) is 2.98. The van der Waals surface area contributed by atoms with E-state index in [0.717, 1.165) is 16.5 Å². The Labute approximate surface area is 150 Å². The van der Waals surface area contributed by atoms with Gasteiger partial charge in [-0.05, 0) is 67.1 Å². The molecule has 5 heteroatoms. The zero-order valence-electron chi connectivity index (χ0n) is 14.2. The van der Waals surface area contributed by atoms with Crippen LogP contribution in [0.3, 0.4) is 0 Å². The van der Waals surface area contributed by atoms with Crippen LogP contribution in [0.25, 0.3) is 10.9 Å². The van der Waals surface area contributed by atoms with Crippen molar-refractivity contribution in [3.8, 4) is 0 Å². The molecule has 2 aromatic carbocycles. The van der Waals surface area contributed by atoms with Crippen molar-refractivity contribution in [1.29, 1.82) is 0 Å². The molecule has 0 unspecified atom stereocenters. The Morgan fingerprint density at radius 2 is 1.84 bits per heavy atom. The zero-order valence-corrected chi connectivity index (χ0v) is 14.9. The molecule has 0 saturated heterocycles. The summed E-state index contributed by atoms with van der Waals surface area (Å²) in [5.74, 6) is -0.241. The number of H-pyrrole nitrogens is 1. The molecule has 0 saturated carbocycles. The van der Waals surface area contributed by atoms with Crippen LogP contribution in [-0.2, 0) is 6.42 Å². The second-order valence-corrected chi connectivity index (χ2v) is 6.54. The number of fused-ring (bicyclic) bond motifs is 1. The molecule has 0 radical (unpaired) electrons. The van der Waals surface area contributed by atoms with Crippen molar-refractivity contribution < 1.29 is 4.79 Å². The van der Waals surface area contributed by atoms with Gasteiger partial charge >= 0.3 is 0 Å². The van der Waals surface area contributed by atoms with Crippen molar-refractivity contribution in [3.05, 3.63) is 80.1 Å². The van der Waals surface area contributed by atoms with Crippen molar-refractivity contribution in [2.75, 3.05) is 6.54 Å². The molecule has 0 fully saturated rings. The van der Waals surface area contributed by atoms with E-state index in [0.29, 0.717) is 29.1 Å². The number of carbonyl (C=O) groups is 1. The standard InChI is InChI=1S/C20H19ClN2O2/c1-12-9-15-11-14(19(24)23-18(15)10-13(12)2)7-8-22-20(25)16-5-3-4-6-17(16)21/h3-6,9-11H,7-8H2,1-2H3,(H,22,25)(H,23,24). The van der Waals surface area contributed by atoms with E-state index in [1.165, 1.54) is 5.56 Å². The number of aromatic amines is 1. The largest absolute Gasteiger partial charge is 0.352 e. The molecule has 1 heterocycles. The van der Waals surface area contributed by atoms with Gasteiger partial charge in [0, 0.05) is 17.6 Å². The van der Waals surface area contributed by atoms with Gasteiger partial charge in [0.2, 0.25) is 0 Å². The van der Waals surface area contributed by atoms with E-state index >= 15 is 0 Å². The van der Waals surface area contributed by atoms with E-state index in [-0.39, 0.29) is 11.5 Å². The van der Waals surface area contributed by atoms with Crippen LogP contribution in [0.1, 0.15) is 27.0 Å². The summed E-state index contributed by atoms with van der Waals surface area (Å²) in [4.78, 5) is 27.3. The van der Waals surface area contributed by atoms with Gasteiger partial charge in [-0.2, -0.15) is 0 Å². The van der Waals surface area contributed by atoms with Crippen LogP contribution in [0, 0.1) is 13.8 Å². The van der Waals surface area contributed by atoms with Gasteiger partial charge in [0.1, 0.15) is 0 Å². The number of benzene rings is 2. The van der Waals surface area contributed by atoms with E-state index in [2.05, 4.69) is 16.4 Å².